The molecule has 0 radical (unpaired) electrons. The van der Waals surface area contributed by atoms with Crippen molar-refractivity contribution >= 4 is 18.3 Å². The highest BCUT2D eigenvalue weighted by atomic mass is 29.2. The summed E-state index contributed by atoms with van der Waals surface area (Å²) < 4.78 is 0. The van der Waals surface area contributed by atoms with E-state index >= 15 is 0 Å². The largest absolute Gasteiger partial charge is 0.442 e. The fraction of sp³-hybridized carbons (Fsp3) is 1.00. The molecule has 0 unspecified atom stereocenters. The van der Waals surface area contributed by atoms with Gasteiger partial charge in [-0.2, -0.15) is 0 Å². The Morgan fingerprint density at radius 1 is 1.80 bits per heavy atom. The topological polar surface area (TPSA) is 20.2 Å². The first-order valence-corrected chi connectivity index (χ1v) is 7.66. The third-order valence-electron chi connectivity index (χ3n) is 0.512. The fourth-order valence-electron chi connectivity index (χ4n) is 0.158. The third kappa shape index (κ3) is 4.39. The number of hydrogen-bond acceptors (Lipinski definition) is 1. The Balaban J connectivity index is 2.19. The second-order valence-electron chi connectivity index (χ2n) is 1.08. The van der Waals surface area contributed by atoms with Crippen molar-refractivity contribution in [2.24, 2.45) is 0 Å². The van der Waals surface area contributed by atoms with Gasteiger partial charge in [0.1, 0.15) is 9.28 Å². The number of rotatable bonds is 2. The van der Waals surface area contributed by atoms with Crippen LogP contribution in [-0.4, -0.2) is 23.1 Å². The summed E-state index contributed by atoms with van der Waals surface area (Å²) in [7, 11) is -0.321. The van der Waals surface area contributed by atoms with E-state index in [0.717, 1.165) is 0 Å². The molecule has 1 nitrogen and oxygen atoms in total. The minimum Gasteiger partial charge on any atom is -0.442 e. The lowest BCUT2D eigenvalue weighted by atomic mass is 11.0. The lowest BCUT2D eigenvalue weighted by Crippen LogP contribution is -1.97. The summed E-state index contributed by atoms with van der Waals surface area (Å²) in [6.45, 7) is 2.15. The van der Waals surface area contributed by atoms with E-state index in [1.165, 1.54) is 6.04 Å². The van der Waals surface area contributed by atoms with E-state index in [2.05, 4.69) is 6.92 Å². The predicted octanol–water partition coefficient (Wildman–Crippen LogP) is -1.42. The first kappa shape index (κ1) is 5.39. The maximum Gasteiger partial charge on any atom is 0.138 e. The number of hydrogen-bond donors (Lipinski definition) is 1. The van der Waals surface area contributed by atoms with Crippen molar-refractivity contribution in [3.05, 3.63) is 0 Å². The second kappa shape index (κ2) is 4.39. The summed E-state index contributed by atoms with van der Waals surface area (Å²) in [6, 6.07) is 1.29. The lowest BCUT2D eigenvalue weighted by Gasteiger charge is -1.75. The molecule has 1 N–H and O–H groups in total. The molecule has 0 saturated heterocycles. The highest BCUT2D eigenvalue weighted by Crippen LogP contribution is 1.63. The third-order valence-corrected chi connectivity index (χ3v) is 4.61. The fourth-order valence-corrected chi connectivity index (χ4v) is 1.42. The molecule has 5 heavy (non-hydrogen) atoms. The normalized spacial score (nSPS) is 13.2. The molecule has 0 rings (SSSR count). The Morgan fingerprint density at radius 2 is 2.40 bits per heavy atom. The van der Waals surface area contributed by atoms with Gasteiger partial charge in [-0.05, 0) is 0 Å². The zero-order valence-corrected chi connectivity index (χ0v) is 6.40. The van der Waals surface area contributed by atoms with Crippen molar-refractivity contribution in [2.45, 2.75) is 13.0 Å². The molecule has 0 amide bonds. The van der Waals surface area contributed by atoms with E-state index in [4.69, 9.17) is 4.80 Å². The van der Waals surface area contributed by atoms with Crippen LogP contribution >= 0.6 is 0 Å². The summed E-state index contributed by atoms with van der Waals surface area (Å²) in [6.07, 6.45) is 0. The van der Waals surface area contributed by atoms with E-state index in [1.54, 1.807) is 0 Å². The van der Waals surface area contributed by atoms with Crippen LogP contribution in [0.2, 0.25) is 6.04 Å². The Labute approximate surface area is 37.0 Å². The summed E-state index contributed by atoms with van der Waals surface area (Å²) >= 11 is 0. The van der Waals surface area contributed by atoms with Gasteiger partial charge >= 0.3 is 0 Å². The van der Waals surface area contributed by atoms with Crippen molar-refractivity contribution in [1.29, 1.82) is 0 Å². The van der Waals surface area contributed by atoms with Gasteiger partial charge in [0.2, 0.25) is 0 Å². The Hall–Kier alpha value is 0.394. The van der Waals surface area contributed by atoms with Crippen LogP contribution in [0.3, 0.4) is 0 Å². The van der Waals surface area contributed by atoms with Crippen molar-refractivity contribution < 1.29 is 4.80 Å². The van der Waals surface area contributed by atoms with Crippen LogP contribution in [0.15, 0.2) is 0 Å². The average Bonchev–Trinajstić information content (AvgIpc) is 1.41. The molecule has 0 atom stereocenters. The monoisotopic (exact) mass is 106 g/mol. The van der Waals surface area contributed by atoms with Crippen LogP contribution in [-0.2, 0) is 0 Å². The van der Waals surface area contributed by atoms with Gasteiger partial charge in [0, 0.05) is 9.04 Å². The van der Waals surface area contributed by atoms with Crippen LogP contribution in [0.1, 0.15) is 6.92 Å². The van der Waals surface area contributed by atoms with E-state index in [0.29, 0.717) is 0 Å². The second-order valence-corrected chi connectivity index (χ2v) is 6.69. The Bertz CT molecular complexity index is 15.1. The minimum atomic E-state index is -0.447. The van der Waals surface area contributed by atoms with Gasteiger partial charge in [-0.25, -0.2) is 0 Å². The molecule has 0 aliphatic heterocycles. The molecule has 0 fully saturated rings. The summed E-state index contributed by atoms with van der Waals surface area (Å²) in [5.41, 5.74) is 0. The Morgan fingerprint density at radius 3 is 2.40 bits per heavy atom. The lowest BCUT2D eigenvalue weighted by molar-refractivity contribution is 0.620. The van der Waals surface area contributed by atoms with E-state index in [9.17, 15) is 0 Å². The Kier molecular flexibility index (Phi) is 4.74. The zero-order chi connectivity index (χ0) is 4.12. The zero-order valence-electron chi connectivity index (χ0n) is 3.57. The molecule has 0 aromatic heterocycles. The molecule has 0 heterocycles. The van der Waals surface area contributed by atoms with Crippen molar-refractivity contribution in [1.82, 2.24) is 0 Å². The molecular weight excluding hydrogens is 96.2 g/mol. The first-order chi connectivity index (χ1) is 2.41. The van der Waals surface area contributed by atoms with Crippen molar-refractivity contribution in [3.63, 3.8) is 0 Å². The van der Waals surface area contributed by atoms with E-state index in [-0.39, 0.29) is 9.04 Å². The average molecular weight is 106 g/mol. The summed E-state index contributed by atoms with van der Waals surface area (Å²) in [5, 5.41) is 0. The molecule has 0 aromatic carbocycles. The van der Waals surface area contributed by atoms with Crippen LogP contribution < -0.4 is 0 Å². The first-order valence-electron chi connectivity index (χ1n) is 2.02. The van der Waals surface area contributed by atoms with Crippen LogP contribution in [0.4, 0.5) is 0 Å². The van der Waals surface area contributed by atoms with Gasteiger partial charge in [-0.3, -0.25) is 0 Å². The maximum absolute atomic E-state index is 8.27. The minimum absolute atomic E-state index is 0.127. The molecule has 0 aliphatic rings. The van der Waals surface area contributed by atoms with Crippen LogP contribution in [0.25, 0.3) is 0 Å². The van der Waals surface area contributed by atoms with Gasteiger partial charge in [0.05, 0.1) is 0 Å². The van der Waals surface area contributed by atoms with Crippen molar-refractivity contribution in [3.8, 4) is 0 Å². The van der Waals surface area contributed by atoms with Crippen molar-refractivity contribution in [2.75, 3.05) is 0 Å². The van der Waals surface area contributed by atoms with Gasteiger partial charge in [-0.1, -0.05) is 13.0 Å². The molecular formula is C2H10OSi2. The molecule has 32 valence electrons. The van der Waals surface area contributed by atoms with E-state index < -0.39 is 9.28 Å². The molecule has 3 heteroatoms. The van der Waals surface area contributed by atoms with Gasteiger partial charge < -0.3 is 4.80 Å². The van der Waals surface area contributed by atoms with Gasteiger partial charge in [0.15, 0.2) is 0 Å². The molecule has 0 aliphatic carbocycles. The SMILES string of the molecule is CC[SiH2][SiH2]O. The quantitative estimate of drug-likeness (QED) is 0.429. The summed E-state index contributed by atoms with van der Waals surface area (Å²) in [4.78, 5) is 8.27. The predicted molar refractivity (Wildman–Crippen MR) is 29.8 cm³/mol. The molecule has 0 spiro atoms. The van der Waals surface area contributed by atoms with Gasteiger partial charge in [0.25, 0.3) is 0 Å². The molecule has 0 saturated carbocycles. The highest BCUT2D eigenvalue weighted by Gasteiger charge is 1.73. The highest BCUT2D eigenvalue weighted by molar-refractivity contribution is 6.96. The van der Waals surface area contributed by atoms with Crippen LogP contribution in [0.5, 0.6) is 0 Å². The standard InChI is InChI=1S/C2H10OSi2/c1-2-4-5-3/h3H,2,4-5H2,1H3. The molecule has 0 bridgehead atoms. The smallest absolute Gasteiger partial charge is 0.138 e. The summed E-state index contributed by atoms with van der Waals surface area (Å²) in [5.74, 6) is 0. The van der Waals surface area contributed by atoms with Gasteiger partial charge in [-0.15, -0.1) is 0 Å². The molecule has 0 aromatic rings. The van der Waals surface area contributed by atoms with Crippen LogP contribution in [0, 0.1) is 0 Å². The maximum atomic E-state index is 8.27. The van der Waals surface area contributed by atoms with E-state index in [1.807, 2.05) is 0 Å².